The third-order valence-corrected chi connectivity index (χ3v) is 3.78. The number of hydrogen-bond acceptors (Lipinski definition) is 3. The van der Waals surface area contributed by atoms with Crippen molar-refractivity contribution in [3.63, 3.8) is 0 Å². The number of fused-ring (bicyclic) bond motifs is 1. The highest BCUT2D eigenvalue weighted by atomic mass is 15.2. The molecule has 0 spiro atoms. The normalized spacial score (nSPS) is 21.4. The molecule has 1 unspecified atom stereocenters. The van der Waals surface area contributed by atoms with E-state index in [9.17, 15) is 0 Å². The fraction of sp³-hybridized carbons (Fsp3) is 0.438. The molecule has 3 heteroatoms. The van der Waals surface area contributed by atoms with E-state index < -0.39 is 0 Å². The average molecular weight is 255 g/mol. The van der Waals surface area contributed by atoms with Gasteiger partial charge < -0.3 is 5.32 Å². The largest absolute Gasteiger partial charge is 0.315 e. The van der Waals surface area contributed by atoms with Crippen LogP contribution in [0.25, 0.3) is 10.9 Å². The van der Waals surface area contributed by atoms with Crippen molar-refractivity contribution in [2.24, 2.45) is 5.92 Å². The molecule has 100 valence electrons. The minimum Gasteiger partial charge on any atom is -0.315 e. The van der Waals surface area contributed by atoms with Gasteiger partial charge in [0.2, 0.25) is 0 Å². The third kappa shape index (κ3) is 2.94. The van der Waals surface area contributed by atoms with Crippen LogP contribution >= 0.6 is 0 Å². The van der Waals surface area contributed by atoms with Crippen molar-refractivity contribution in [1.82, 2.24) is 15.2 Å². The molecule has 2 heterocycles. The van der Waals surface area contributed by atoms with Gasteiger partial charge in [-0.25, -0.2) is 0 Å². The lowest BCUT2D eigenvalue weighted by Gasteiger charge is -2.22. The highest BCUT2D eigenvalue weighted by Gasteiger charge is 2.15. The smallest absolute Gasteiger partial charge is 0.0746 e. The van der Waals surface area contributed by atoms with Crippen molar-refractivity contribution in [2.75, 3.05) is 26.2 Å². The molecule has 1 atom stereocenters. The molecular formula is C16H21N3. The lowest BCUT2D eigenvalue weighted by atomic mass is 10.1. The van der Waals surface area contributed by atoms with Crippen molar-refractivity contribution in [1.29, 1.82) is 0 Å². The second-order valence-corrected chi connectivity index (χ2v) is 5.54. The van der Waals surface area contributed by atoms with Crippen LogP contribution in [-0.2, 0) is 6.54 Å². The number of pyridine rings is 1. The Morgan fingerprint density at radius 3 is 3.16 bits per heavy atom. The quantitative estimate of drug-likeness (QED) is 0.892. The average Bonchev–Trinajstić information content (AvgIpc) is 2.63. The highest BCUT2D eigenvalue weighted by Crippen LogP contribution is 2.18. The van der Waals surface area contributed by atoms with Crippen molar-refractivity contribution in [3.8, 4) is 0 Å². The lowest BCUT2D eigenvalue weighted by molar-refractivity contribution is 0.257. The summed E-state index contributed by atoms with van der Waals surface area (Å²) in [5, 5.41) is 4.73. The molecule has 0 bridgehead atoms. The van der Waals surface area contributed by atoms with Crippen molar-refractivity contribution in [3.05, 3.63) is 42.1 Å². The Morgan fingerprint density at radius 1 is 1.32 bits per heavy atom. The molecule has 0 radical (unpaired) electrons. The van der Waals surface area contributed by atoms with E-state index >= 15 is 0 Å². The molecule has 3 nitrogen and oxygen atoms in total. The van der Waals surface area contributed by atoms with Gasteiger partial charge >= 0.3 is 0 Å². The first-order valence-electron chi connectivity index (χ1n) is 7.08. The van der Waals surface area contributed by atoms with Gasteiger partial charge in [0.25, 0.3) is 0 Å². The van der Waals surface area contributed by atoms with Gasteiger partial charge in [0, 0.05) is 37.8 Å². The summed E-state index contributed by atoms with van der Waals surface area (Å²) in [6, 6.07) is 10.6. The van der Waals surface area contributed by atoms with Crippen LogP contribution in [0.15, 0.2) is 36.5 Å². The number of benzene rings is 1. The SMILES string of the molecule is CC1CNCCN(Cc2cccc3cccnc23)C1. The zero-order valence-corrected chi connectivity index (χ0v) is 11.5. The molecule has 3 rings (SSSR count). The summed E-state index contributed by atoms with van der Waals surface area (Å²) in [5.74, 6) is 0.713. The number of para-hydroxylation sites is 1. The summed E-state index contributed by atoms with van der Waals surface area (Å²) in [5.41, 5.74) is 2.49. The fourth-order valence-electron chi connectivity index (χ4n) is 2.86. The van der Waals surface area contributed by atoms with Crippen LogP contribution in [0.3, 0.4) is 0 Å². The molecule has 0 amide bonds. The zero-order chi connectivity index (χ0) is 13.1. The Morgan fingerprint density at radius 2 is 2.21 bits per heavy atom. The fourth-order valence-corrected chi connectivity index (χ4v) is 2.86. The predicted octanol–water partition coefficient (Wildman–Crippen LogP) is 2.28. The van der Waals surface area contributed by atoms with Gasteiger partial charge in [-0.3, -0.25) is 9.88 Å². The van der Waals surface area contributed by atoms with Gasteiger partial charge in [0.05, 0.1) is 5.52 Å². The van der Waals surface area contributed by atoms with Crippen LogP contribution in [0, 0.1) is 5.92 Å². The Kier molecular flexibility index (Phi) is 3.76. The number of rotatable bonds is 2. The Hall–Kier alpha value is -1.45. The van der Waals surface area contributed by atoms with Gasteiger partial charge in [0.15, 0.2) is 0 Å². The van der Waals surface area contributed by atoms with Crippen LogP contribution in [-0.4, -0.2) is 36.1 Å². The molecule has 19 heavy (non-hydrogen) atoms. The molecule has 1 aromatic carbocycles. The molecule has 1 aliphatic rings. The summed E-state index contributed by atoms with van der Waals surface area (Å²) in [6.07, 6.45) is 1.89. The van der Waals surface area contributed by atoms with Crippen molar-refractivity contribution < 1.29 is 0 Å². The van der Waals surface area contributed by atoms with Gasteiger partial charge in [0.1, 0.15) is 0 Å². The van der Waals surface area contributed by atoms with Gasteiger partial charge in [-0.1, -0.05) is 31.2 Å². The summed E-state index contributed by atoms with van der Waals surface area (Å²) in [7, 11) is 0. The van der Waals surface area contributed by atoms with Crippen LogP contribution in [0.1, 0.15) is 12.5 Å². The summed E-state index contributed by atoms with van der Waals surface area (Å²) in [6.45, 7) is 7.81. The predicted molar refractivity (Wildman–Crippen MR) is 79.1 cm³/mol. The highest BCUT2D eigenvalue weighted by molar-refractivity contribution is 5.81. The maximum Gasteiger partial charge on any atom is 0.0746 e. The van der Waals surface area contributed by atoms with E-state index in [2.05, 4.69) is 46.4 Å². The zero-order valence-electron chi connectivity index (χ0n) is 11.5. The second-order valence-electron chi connectivity index (χ2n) is 5.54. The number of aromatic nitrogens is 1. The standard InChI is InChI=1S/C16H21N3/c1-13-10-17-8-9-19(11-13)12-15-5-2-4-14-6-3-7-18-16(14)15/h2-7,13,17H,8-12H2,1H3. The Labute approximate surface area is 114 Å². The molecule has 1 saturated heterocycles. The van der Waals surface area contributed by atoms with E-state index in [1.807, 2.05) is 12.3 Å². The molecule has 1 N–H and O–H groups in total. The monoisotopic (exact) mass is 255 g/mol. The van der Waals surface area contributed by atoms with E-state index in [-0.39, 0.29) is 0 Å². The molecule has 1 fully saturated rings. The van der Waals surface area contributed by atoms with Crippen molar-refractivity contribution in [2.45, 2.75) is 13.5 Å². The van der Waals surface area contributed by atoms with E-state index in [1.165, 1.54) is 10.9 Å². The minimum atomic E-state index is 0.713. The van der Waals surface area contributed by atoms with Crippen molar-refractivity contribution >= 4 is 10.9 Å². The van der Waals surface area contributed by atoms with Crippen LogP contribution in [0.4, 0.5) is 0 Å². The van der Waals surface area contributed by atoms with Crippen LogP contribution < -0.4 is 5.32 Å². The Bertz CT molecular complexity index is 547. The maximum absolute atomic E-state index is 4.55. The first kappa shape index (κ1) is 12.6. The Balaban J connectivity index is 1.84. The molecule has 2 aromatic rings. The second kappa shape index (κ2) is 5.68. The summed E-state index contributed by atoms with van der Waals surface area (Å²) >= 11 is 0. The summed E-state index contributed by atoms with van der Waals surface area (Å²) in [4.78, 5) is 7.08. The molecular weight excluding hydrogens is 234 g/mol. The molecule has 0 saturated carbocycles. The number of nitrogens with one attached hydrogen (secondary N) is 1. The number of hydrogen-bond donors (Lipinski definition) is 1. The number of nitrogens with zero attached hydrogens (tertiary/aromatic N) is 2. The van der Waals surface area contributed by atoms with Gasteiger partial charge in [-0.2, -0.15) is 0 Å². The van der Waals surface area contributed by atoms with E-state index in [1.54, 1.807) is 0 Å². The lowest BCUT2D eigenvalue weighted by Crippen LogP contribution is -2.29. The van der Waals surface area contributed by atoms with Crippen LogP contribution in [0.5, 0.6) is 0 Å². The van der Waals surface area contributed by atoms with E-state index in [4.69, 9.17) is 0 Å². The first-order valence-corrected chi connectivity index (χ1v) is 7.08. The maximum atomic E-state index is 4.55. The summed E-state index contributed by atoms with van der Waals surface area (Å²) < 4.78 is 0. The third-order valence-electron chi connectivity index (χ3n) is 3.78. The van der Waals surface area contributed by atoms with Gasteiger partial charge in [-0.05, 0) is 24.1 Å². The minimum absolute atomic E-state index is 0.713. The van der Waals surface area contributed by atoms with E-state index in [0.717, 1.165) is 38.2 Å². The van der Waals surface area contributed by atoms with Gasteiger partial charge in [-0.15, -0.1) is 0 Å². The molecule has 1 aromatic heterocycles. The van der Waals surface area contributed by atoms with Crippen LogP contribution in [0.2, 0.25) is 0 Å². The first-order chi connectivity index (χ1) is 9.33. The molecule has 0 aliphatic carbocycles. The molecule has 1 aliphatic heterocycles. The topological polar surface area (TPSA) is 28.2 Å². The van der Waals surface area contributed by atoms with E-state index in [0.29, 0.717) is 5.92 Å².